The fourth-order valence-electron chi connectivity index (χ4n) is 3.51. The number of urea groups is 1. The van der Waals surface area contributed by atoms with E-state index < -0.39 is 0 Å². The number of carbonyl (C=O) groups is 1. The van der Waals surface area contributed by atoms with Crippen molar-refractivity contribution in [3.8, 4) is 5.69 Å². The van der Waals surface area contributed by atoms with Gasteiger partial charge in [0.25, 0.3) is 0 Å². The molecule has 3 N–H and O–H groups in total. The van der Waals surface area contributed by atoms with Crippen LogP contribution in [0.3, 0.4) is 0 Å². The van der Waals surface area contributed by atoms with Gasteiger partial charge in [-0.25, -0.2) is 14.8 Å². The lowest BCUT2D eigenvalue weighted by molar-refractivity contribution is 0.190. The third-order valence-corrected chi connectivity index (χ3v) is 6.88. The van der Waals surface area contributed by atoms with Crippen molar-refractivity contribution in [1.29, 1.82) is 0 Å². The minimum Gasteiger partial charge on any atom is -0.396 e. The monoisotopic (exact) mass is 473 g/mol. The maximum atomic E-state index is 12.2. The molecular weight excluding hydrogens is 450 g/mol. The van der Waals surface area contributed by atoms with Crippen molar-refractivity contribution in [1.82, 2.24) is 25.3 Å². The van der Waals surface area contributed by atoms with Gasteiger partial charge in [0.05, 0.1) is 34.7 Å². The van der Waals surface area contributed by atoms with Crippen molar-refractivity contribution >= 4 is 45.9 Å². The minimum absolute atomic E-state index is 0.0623. The first-order valence-corrected chi connectivity index (χ1v) is 11.4. The molecule has 1 aliphatic carbocycles. The molecule has 1 aromatic carbocycles. The summed E-state index contributed by atoms with van der Waals surface area (Å²) in [6, 6.07) is 4.72. The van der Waals surface area contributed by atoms with Crippen molar-refractivity contribution in [2.75, 3.05) is 18.5 Å². The fourth-order valence-corrected chi connectivity index (χ4v) is 4.65. The Balaban J connectivity index is 1.32. The van der Waals surface area contributed by atoms with Crippen LogP contribution in [0.1, 0.15) is 36.4 Å². The highest BCUT2D eigenvalue weighted by Crippen LogP contribution is 2.57. The van der Waals surface area contributed by atoms with Crippen LogP contribution in [-0.2, 0) is 0 Å². The Morgan fingerprint density at radius 1 is 1.41 bits per heavy atom. The number of carbonyl (C=O) groups excluding carboxylic acids is 1. The second kappa shape index (κ2) is 9.35. The lowest BCUT2D eigenvalue weighted by atomic mass is 9.89. The molecule has 0 saturated heterocycles. The van der Waals surface area contributed by atoms with E-state index in [2.05, 4.69) is 37.7 Å². The summed E-state index contributed by atoms with van der Waals surface area (Å²) in [6.45, 7) is 4.47. The number of aliphatic hydroxyl groups excluding tert-OH is 1. The van der Waals surface area contributed by atoms with Gasteiger partial charge in [0, 0.05) is 29.8 Å². The molecule has 2 aromatic heterocycles. The number of benzene rings is 1. The molecule has 3 aromatic rings. The molecule has 11 heteroatoms. The molecule has 0 radical (unpaired) electrons. The van der Waals surface area contributed by atoms with Gasteiger partial charge in [-0.2, -0.15) is 15.0 Å². The normalized spacial score (nSPS) is 15.6. The summed E-state index contributed by atoms with van der Waals surface area (Å²) in [6.07, 6.45) is 6.79. The van der Waals surface area contributed by atoms with Gasteiger partial charge in [0.15, 0.2) is 0 Å². The van der Waals surface area contributed by atoms with Crippen LogP contribution in [-0.4, -0.2) is 50.5 Å². The first-order chi connectivity index (χ1) is 15.4. The number of aryl methyl sites for hydroxylation is 1. The Hall–Kier alpha value is -2.82. The fraction of sp³-hybridized carbons (Fsp3) is 0.381. The largest absolute Gasteiger partial charge is 0.396 e. The molecule has 1 atom stereocenters. The zero-order valence-corrected chi connectivity index (χ0v) is 19.3. The Bertz CT molecular complexity index is 1130. The molecule has 2 amide bonds. The SMILES string of the molecule is Cc1nc(C(C)C2(CO)CC2)c(N=CCNC(=O)Nc2ccc(-n3nccn3)c(Cl)c2)s1. The van der Waals surface area contributed by atoms with Gasteiger partial charge in [0.2, 0.25) is 0 Å². The summed E-state index contributed by atoms with van der Waals surface area (Å²) in [5, 5.41) is 25.5. The van der Waals surface area contributed by atoms with Gasteiger partial charge in [-0.3, -0.25) is 0 Å². The standard InChI is InChI=1S/C21H24ClN7O2S/c1-13(21(12-30)5-6-21)18-19(32-14(2)27-18)23-7-8-24-20(31)28-15-3-4-17(16(22)11-15)29-25-9-10-26-29/h3-4,7,9-11,13,30H,5-6,8,12H2,1-2H3,(H2,24,28,31). The molecule has 168 valence electrons. The van der Waals surface area contributed by atoms with E-state index in [0.29, 0.717) is 16.4 Å². The number of amides is 2. The van der Waals surface area contributed by atoms with Crippen LogP contribution in [0.25, 0.3) is 5.69 Å². The molecular formula is C21H24ClN7O2S. The zero-order valence-electron chi connectivity index (χ0n) is 17.7. The average Bonchev–Trinajstić information content (AvgIpc) is 3.20. The summed E-state index contributed by atoms with van der Waals surface area (Å²) < 4.78 is 0. The Labute approximate surface area is 194 Å². The van der Waals surface area contributed by atoms with Gasteiger partial charge in [-0.15, -0.1) is 0 Å². The van der Waals surface area contributed by atoms with Crippen molar-refractivity contribution in [3.63, 3.8) is 0 Å². The summed E-state index contributed by atoms with van der Waals surface area (Å²) >= 11 is 7.79. The Morgan fingerprint density at radius 3 is 2.81 bits per heavy atom. The summed E-state index contributed by atoms with van der Waals surface area (Å²) in [4.78, 5) is 22.8. The molecule has 0 aliphatic heterocycles. The first kappa shape index (κ1) is 22.4. The maximum absolute atomic E-state index is 12.2. The second-order valence-electron chi connectivity index (χ2n) is 7.80. The number of thiazole rings is 1. The summed E-state index contributed by atoms with van der Waals surface area (Å²) in [7, 11) is 0. The molecule has 9 nitrogen and oxygen atoms in total. The van der Waals surface area contributed by atoms with E-state index in [0.717, 1.165) is 28.5 Å². The smallest absolute Gasteiger partial charge is 0.319 e. The van der Waals surface area contributed by atoms with Crippen LogP contribution in [0.4, 0.5) is 15.5 Å². The van der Waals surface area contributed by atoms with Crippen molar-refractivity contribution in [2.24, 2.45) is 10.4 Å². The highest BCUT2D eigenvalue weighted by molar-refractivity contribution is 7.15. The zero-order chi connectivity index (χ0) is 22.7. The number of halogens is 1. The van der Waals surface area contributed by atoms with E-state index in [1.807, 2.05) is 6.92 Å². The number of aliphatic imine (C=N–C) groups is 1. The van der Waals surface area contributed by atoms with Gasteiger partial charge in [-0.1, -0.05) is 29.9 Å². The molecule has 2 heterocycles. The van der Waals surface area contributed by atoms with Gasteiger partial charge in [0.1, 0.15) is 10.7 Å². The number of hydrogen-bond acceptors (Lipinski definition) is 7. The number of hydrogen-bond donors (Lipinski definition) is 3. The molecule has 1 fully saturated rings. The molecule has 1 saturated carbocycles. The molecule has 1 aliphatic rings. The van der Waals surface area contributed by atoms with Crippen molar-refractivity contribution in [3.05, 3.63) is 46.3 Å². The maximum Gasteiger partial charge on any atom is 0.319 e. The second-order valence-corrected chi connectivity index (χ2v) is 9.39. The van der Waals surface area contributed by atoms with Crippen LogP contribution in [0.5, 0.6) is 0 Å². The molecule has 32 heavy (non-hydrogen) atoms. The topological polar surface area (TPSA) is 117 Å². The molecule has 4 rings (SSSR count). The molecule has 0 bridgehead atoms. The lowest BCUT2D eigenvalue weighted by Gasteiger charge is -2.19. The van der Waals surface area contributed by atoms with Crippen LogP contribution in [0.15, 0.2) is 35.6 Å². The summed E-state index contributed by atoms with van der Waals surface area (Å²) in [5.41, 5.74) is 2.02. The van der Waals surface area contributed by atoms with Gasteiger partial charge >= 0.3 is 6.03 Å². The number of anilines is 1. The third kappa shape index (κ3) is 4.82. The van der Waals surface area contributed by atoms with E-state index in [9.17, 15) is 9.90 Å². The predicted octanol–water partition coefficient (Wildman–Crippen LogP) is 4.09. The Morgan fingerprint density at radius 2 is 2.16 bits per heavy atom. The molecule has 0 spiro atoms. The van der Waals surface area contributed by atoms with E-state index in [4.69, 9.17) is 11.6 Å². The predicted molar refractivity (Wildman–Crippen MR) is 126 cm³/mol. The number of nitrogens with one attached hydrogen (secondary N) is 2. The number of nitrogens with zero attached hydrogens (tertiary/aromatic N) is 5. The van der Waals surface area contributed by atoms with Crippen molar-refractivity contribution in [2.45, 2.75) is 32.6 Å². The van der Waals surface area contributed by atoms with Gasteiger partial charge < -0.3 is 15.7 Å². The quantitative estimate of drug-likeness (QED) is 0.426. The van der Waals surface area contributed by atoms with Gasteiger partial charge in [-0.05, 0) is 38.0 Å². The highest BCUT2D eigenvalue weighted by Gasteiger charge is 2.48. The van der Waals surface area contributed by atoms with E-state index >= 15 is 0 Å². The van der Waals surface area contributed by atoms with E-state index in [1.54, 1.807) is 36.8 Å². The molecule has 1 unspecified atom stereocenters. The van der Waals surface area contributed by atoms with Crippen LogP contribution in [0, 0.1) is 12.3 Å². The first-order valence-electron chi connectivity index (χ1n) is 10.2. The number of aliphatic hydroxyl groups is 1. The van der Waals surface area contributed by atoms with Crippen LogP contribution < -0.4 is 10.6 Å². The number of rotatable bonds is 8. The van der Waals surface area contributed by atoms with Crippen molar-refractivity contribution < 1.29 is 9.90 Å². The minimum atomic E-state index is -0.372. The lowest BCUT2D eigenvalue weighted by Crippen LogP contribution is -2.30. The Kier molecular flexibility index (Phi) is 6.54. The van der Waals surface area contributed by atoms with Crippen LogP contribution >= 0.6 is 22.9 Å². The highest BCUT2D eigenvalue weighted by atomic mass is 35.5. The number of aromatic nitrogens is 4. The van der Waals surface area contributed by atoms with E-state index in [-0.39, 0.29) is 30.5 Å². The van der Waals surface area contributed by atoms with E-state index in [1.165, 1.54) is 16.1 Å². The average molecular weight is 474 g/mol. The third-order valence-electron chi connectivity index (χ3n) is 5.68. The summed E-state index contributed by atoms with van der Waals surface area (Å²) in [5.74, 6) is 0.144. The van der Waals surface area contributed by atoms with Crippen LogP contribution in [0.2, 0.25) is 5.02 Å².